The van der Waals surface area contributed by atoms with Gasteiger partial charge in [0.2, 0.25) is 0 Å². The Morgan fingerprint density at radius 1 is 1.35 bits per heavy atom. The third-order valence-electron chi connectivity index (χ3n) is 2.88. The molecule has 0 radical (unpaired) electrons. The first kappa shape index (κ1) is 14.8. The lowest BCUT2D eigenvalue weighted by Crippen LogP contribution is -2.25. The summed E-state index contributed by atoms with van der Waals surface area (Å²) < 4.78 is 39.1. The fourth-order valence-electron chi connectivity index (χ4n) is 1.84. The monoisotopic (exact) mass is 302 g/mol. The van der Waals surface area contributed by atoms with Crippen LogP contribution in [0.2, 0.25) is 0 Å². The molecule has 0 saturated heterocycles. The summed E-state index contributed by atoms with van der Waals surface area (Å²) >= 11 is 1.48. The maximum atomic E-state index is 12.6. The van der Waals surface area contributed by atoms with E-state index in [4.69, 9.17) is 0 Å². The standard InChI is InChI=1S/C13H13F3N2OS/c1-3-11-17-10(7-20-11)6-18-8(2)4-9(5-12(18)19)13(14,15)16/h4-5,7H,3,6H2,1-2H3. The van der Waals surface area contributed by atoms with Gasteiger partial charge in [0.25, 0.3) is 5.56 Å². The lowest BCUT2D eigenvalue weighted by molar-refractivity contribution is -0.137. The lowest BCUT2D eigenvalue weighted by atomic mass is 10.2. The zero-order valence-corrected chi connectivity index (χ0v) is 11.8. The van der Waals surface area contributed by atoms with Crippen molar-refractivity contribution in [3.05, 3.63) is 49.8 Å². The fraction of sp³-hybridized carbons (Fsp3) is 0.385. The fourth-order valence-corrected chi connectivity index (χ4v) is 2.58. The van der Waals surface area contributed by atoms with Crippen LogP contribution in [-0.2, 0) is 19.1 Å². The van der Waals surface area contributed by atoms with Crippen molar-refractivity contribution in [2.24, 2.45) is 0 Å². The summed E-state index contributed by atoms with van der Waals surface area (Å²) in [5.41, 5.74) is -0.611. The van der Waals surface area contributed by atoms with Gasteiger partial charge in [-0.25, -0.2) is 4.98 Å². The summed E-state index contributed by atoms with van der Waals surface area (Å²) in [6.07, 6.45) is -3.70. The van der Waals surface area contributed by atoms with Crippen molar-refractivity contribution in [1.29, 1.82) is 0 Å². The second-order valence-corrected chi connectivity index (χ2v) is 5.34. The van der Waals surface area contributed by atoms with Gasteiger partial charge in [-0.15, -0.1) is 11.3 Å². The number of alkyl halides is 3. The molecule has 0 spiro atoms. The first-order valence-corrected chi connectivity index (χ1v) is 6.91. The van der Waals surface area contributed by atoms with E-state index in [2.05, 4.69) is 4.98 Å². The summed E-state index contributed by atoms with van der Waals surface area (Å²) in [5.74, 6) is 0. The number of pyridine rings is 1. The van der Waals surface area contributed by atoms with Crippen LogP contribution in [0.1, 0.15) is 28.9 Å². The van der Waals surface area contributed by atoms with E-state index in [1.54, 1.807) is 0 Å². The van der Waals surface area contributed by atoms with E-state index in [1.807, 2.05) is 12.3 Å². The molecule has 0 aliphatic rings. The SMILES string of the molecule is CCc1nc(Cn2c(C)cc(C(F)(F)F)cc2=O)cs1. The molecule has 0 aliphatic carbocycles. The summed E-state index contributed by atoms with van der Waals surface area (Å²) in [4.78, 5) is 16.1. The predicted octanol–water partition coefficient (Wildman–Crippen LogP) is 3.24. The molecule has 0 N–H and O–H groups in total. The zero-order valence-electron chi connectivity index (χ0n) is 11.0. The largest absolute Gasteiger partial charge is 0.416 e. The predicted molar refractivity (Wildman–Crippen MR) is 71.0 cm³/mol. The summed E-state index contributed by atoms with van der Waals surface area (Å²) in [7, 11) is 0. The van der Waals surface area contributed by atoms with Gasteiger partial charge in [-0.2, -0.15) is 13.2 Å². The maximum Gasteiger partial charge on any atom is 0.416 e. The summed E-state index contributed by atoms with van der Waals surface area (Å²) in [5, 5.41) is 2.76. The molecule has 0 unspecified atom stereocenters. The van der Waals surface area contributed by atoms with Gasteiger partial charge >= 0.3 is 6.18 Å². The van der Waals surface area contributed by atoms with Crippen molar-refractivity contribution in [1.82, 2.24) is 9.55 Å². The van der Waals surface area contributed by atoms with Gasteiger partial charge in [-0.05, 0) is 19.4 Å². The number of aryl methyl sites for hydroxylation is 2. The van der Waals surface area contributed by atoms with E-state index in [1.165, 1.54) is 22.8 Å². The van der Waals surface area contributed by atoms with E-state index >= 15 is 0 Å². The highest BCUT2D eigenvalue weighted by Gasteiger charge is 2.31. The second-order valence-electron chi connectivity index (χ2n) is 4.39. The van der Waals surface area contributed by atoms with Gasteiger partial charge in [0.05, 0.1) is 22.8 Å². The Balaban J connectivity index is 2.36. The van der Waals surface area contributed by atoms with Crippen LogP contribution in [0.25, 0.3) is 0 Å². The minimum absolute atomic E-state index is 0.194. The van der Waals surface area contributed by atoms with E-state index < -0.39 is 17.3 Å². The topological polar surface area (TPSA) is 34.9 Å². The maximum absolute atomic E-state index is 12.6. The Hall–Kier alpha value is -1.63. The average Bonchev–Trinajstić information content (AvgIpc) is 2.80. The molecule has 0 fully saturated rings. The highest BCUT2D eigenvalue weighted by atomic mass is 32.1. The molecule has 0 amide bonds. The number of aromatic nitrogens is 2. The Kier molecular flexibility index (Phi) is 3.99. The molecule has 2 rings (SSSR count). The lowest BCUT2D eigenvalue weighted by Gasteiger charge is -2.12. The first-order valence-electron chi connectivity index (χ1n) is 6.03. The molecule has 20 heavy (non-hydrogen) atoms. The molecule has 2 aromatic rings. The Morgan fingerprint density at radius 2 is 2.05 bits per heavy atom. The number of rotatable bonds is 3. The van der Waals surface area contributed by atoms with Crippen LogP contribution in [-0.4, -0.2) is 9.55 Å². The number of nitrogens with zero attached hydrogens (tertiary/aromatic N) is 2. The highest BCUT2D eigenvalue weighted by Crippen LogP contribution is 2.28. The van der Waals surface area contributed by atoms with Gasteiger partial charge < -0.3 is 4.57 Å². The van der Waals surface area contributed by atoms with Gasteiger partial charge in [0.15, 0.2) is 0 Å². The molecule has 0 atom stereocenters. The number of hydrogen-bond acceptors (Lipinski definition) is 3. The normalized spacial score (nSPS) is 11.8. The van der Waals surface area contributed by atoms with Crippen molar-refractivity contribution >= 4 is 11.3 Å². The quantitative estimate of drug-likeness (QED) is 0.872. The molecule has 3 nitrogen and oxygen atoms in total. The molecule has 2 aromatic heterocycles. The molecule has 0 aromatic carbocycles. The molecule has 2 heterocycles. The highest BCUT2D eigenvalue weighted by molar-refractivity contribution is 7.09. The van der Waals surface area contributed by atoms with Crippen molar-refractivity contribution < 1.29 is 13.2 Å². The molecule has 108 valence electrons. The van der Waals surface area contributed by atoms with Crippen LogP contribution in [0.4, 0.5) is 13.2 Å². The summed E-state index contributed by atoms with van der Waals surface area (Å²) in [6, 6.07) is 1.61. The smallest absolute Gasteiger partial charge is 0.307 e. The number of halogens is 3. The van der Waals surface area contributed by atoms with Crippen molar-refractivity contribution in [2.45, 2.75) is 33.0 Å². The first-order chi connectivity index (χ1) is 9.31. The van der Waals surface area contributed by atoms with E-state index in [0.29, 0.717) is 11.8 Å². The Bertz CT molecular complexity index is 673. The molecular formula is C13H13F3N2OS. The average molecular weight is 302 g/mol. The van der Waals surface area contributed by atoms with Crippen LogP contribution in [0.3, 0.4) is 0 Å². The zero-order chi connectivity index (χ0) is 14.9. The minimum Gasteiger partial charge on any atom is -0.307 e. The third kappa shape index (κ3) is 3.09. The third-order valence-corrected chi connectivity index (χ3v) is 3.93. The van der Waals surface area contributed by atoms with Crippen molar-refractivity contribution in [3.63, 3.8) is 0 Å². The van der Waals surface area contributed by atoms with Gasteiger partial charge in [0, 0.05) is 17.1 Å². The van der Waals surface area contributed by atoms with Gasteiger partial charge in [-0.3, -0.25) is 4.79 Å². The van der Waals surface area contributed by atoms with E-state index in [0.717, 1.165) is 17.5 Å². The van der Waals surface area contributed by atoms with Crippen LogP contribution in [0, 0.1) is 6.92 Å². The Morgan fingerprint density at radius 3 is 2.55 bits per heavy atom. The van der Waals surface area contributed by atoms with Gasteiger partial charge in [0.1, 0.15) is 0 Å². The molecule has 0 saturated carbocycles. The van der Waals surface area contributed by atoms with Crippen LogP contribution < -0.4 is 5.56 Å². The van der Waals surface area contributed by atoms with E-state index in [9.17, 15) is 18.0 Å². The van der Waals surface area contributed by atoms with Crippen LogP contribution >= 0.6 is 11.3 Å². The number of thiazole rings is 1. The van der Waals surface area contributed by atoms with Gasteiger partial charge in [-0.1, -0.05) is 6.92 Å². The molecule has 0 aliphatic heterocycles. The van der Waals surface area contributed by atoms with E-state index in [-0.39, 0.29) is 12.2 Å². The van der Waals surface area contributed by atoms with Crippen LogP contribution in [0.5, 0.6) is 0 Å². The Labute approximate surface area is 117 Å². The molecule has 7 heteroatoms. The molecule has 0 bridgehead atoms. The number of hydrogen-bond donors (Lipinski definition) is 0. The minimum atomic E-state index is -4.50. The second kappa shape index (κ2) is 5.40. The van der Waals surface area contributed by atoms with Crippen LogP contribution in [0.15, 0.2) is 22.3 Å². The van der Waals surface area contributed by atoms with Crippen molar-refractivity contribution in [3.8, 4) is 0 Å². The van der Waals surface area contributed by atoms with Crippen molar-refractivity contribution in [2.75, 3.05) is 0 Å². The molecular weight excluding hydrogens is 289 g/mol. The summed E-state index contributed by atoms with van der Waals surface area (Å²) in [6.45, 7) is 3.65.